The molecule has 0 radical (unpaired) electrons. The summed E-state index contributed by atoms with van der Waals surface area (Å²) in [4.78, 5) is 10.9. The topological polar surface area (TPSA) is 64.3 Å². The molecule has 1 rings (SSSR count). The van der Waals surface area contributed by atoms with Gasteiger partial charge in [0.15, 0.2) is 0 Å². The van der Waals surface area contributed by atoms with Crippen molar-refractivity contribution in [2.75, 3.05) is 13.7 Å². The van der Waals surface area contributed by atoms with E-state index in [1.807, 2.05) is 6.07 Å². The molecule has 0 aliphatic rings. The molecular formula is C11H15ClN2O2. The minimum atomic E-state index is -0.0512. The van der Waals surface area contributed by atoms with Crippen LogP contribution < -0.4 is 15.8 Å². The molecule has 3 N–H and O–H groups in total. The molecule has 0 heterocycles. The average molecular weight is 243 g/mol. The lowest BCUT2D eigenvalue weighted by Crippen LogP contribution is -2.20. The highest BCUT2D eigenvalue weighted by Gasteiger charge is 2.02. The standard InChI is InChI=1S/C11H15ClN2O2/c1-14-11(15)4-5-16-9-3-2-8(7-13)10(12)6-9/h2-3,6H,4-5,7,13H2,1H3,(H,14,15). The molecule has 1 aromatic carbocycles. The minimum absolute atomic E-state index is 0.0512. The zero-order chi connectivity index (χ0) is 12.0. The number of carbonyl (C=O) groups is 1. The van der Waals surface area contributed by atoms with Crippen molar-refractivity contribution in [2.45, 2.75) is 13.0 Å². The molecule has 0 saturated carbocycles. The van der Waals surface area contributed by atoms with E-state index in [1.165, 1.54) is 0 Å². The average Bonchev–Trinajstić information content (AvgIpc) is 2.29. The van der Waals surface area contributed by atoms with Gasteiger partial charge in [-0.2, -0.15) is 0 Å². The second kappa shape index (κ2) is 6.35. The van der Waals surface area contributed by atoms with Gasteiger partial charge in [-0.3, -0.25) is 4.79 Å². The monoisotopic (exact) mass is 242 g/mol. The molecule has 0 aromatic heterocycles. The van der Waals surface area contributed by atoms with Crippen molar-refractivity contribution in [2.24, 2.45) is 5.73 Å². The number of amides is 1. The molecule has 1 amide bonds. The predicted molar refractivity (Wildman–Crippen MR) is 63.5 cm³/mol. The van der Waals surface area contributed by atoms with Crippen molar-refractivity contribution < 1.29 is 9.53 Å². The highest BCUT2D eigenvalue weighted by molar-refractivity contribution is 6.31. The molecule has 88 valence electrons. The molecular weight excluding hydrogens is 228 g/mol. The first-order valence-corrected chi connectivity index (χ1v) is 5.37. The van der Waals surface area contributed by atoms with E-state index in [0.29, 0.717) is 30.3 Å². The molecule has 0 unspecified atom stereocenters. The third-order valence-electron chi connectivity index (χ3n) is 2.12. The zero-order valence-electron chi connectivity index (χ0n) is 9.13. The summed E-state index contributed by atoms with van der Waals surface area (Å²) in [6.07, 6.45) is 0.326. The summed E-state index contributed by atoms with van der Waals surface area (Å²) in [5.74, 6) is 0.593. The van der Waals surface area contributed by atoms with E-state index in [1.54, 1.807) is 19.2 Å². The number of rotatable bonds is 5. The van der Waals surface area contributed by atoms with Gasteiger partial charge in [0.05, 0.1) is 13.0 Å². The van der Waals surface area contributed by atoms with Gasteiger partial charge in [0.25, 0.3) is 0 Å². The number of hydrogen-bond acceptors (Lipinski definition) is 3. The highest BCUT2D eigenvalue weighted by atomic mass is 35.5. The van der Waals surface area contributed by atoms with Gasteiger partial charge >= 0.3 is 0 Å². The Hall–Kier alpha value is -1.26. The van der Waals surface area contributed by atoms with Crippen molar-refractivity contribution >= 4 is 17.5 Å². The van der Waals surface area contributed by atoms with Gasteiger partial charge in [-0.15, -0.1) is 0 Å². The van der Waals surface area contributed by atoms with Crippen molar-refractivity contribution in [3.8, 4) is 5.75 Å². The third kappa shape index (κ3) is 3.72. The largest absolute Gasteiger partial charge is 0.493 e. The second-order valence-electron chi connectivity index (χ2n) is 3.23. The Kier molecular flexibility index (Phi) is 5.08. The summed E-state index contributed by atoms with van der Waals surface area (Å²) in [7, 11) is 1.59. The van der Waals surface area contributed by atoms with Crippen molar-refractivity contribution in [3.05, 3.63) is 28.8 Å². The first-order chi connectivity index (χ1) is 7.67. The van der Waals surface area contributed by atoms with Crippen LogP contribution in [0.3, 0.4) is 0 Å². The summed E-state index contributed by atoms with van der Waals surface area (Å²) >= 11 is 5.96. The Labute approximate surface area is 99.7 Å². The highest BCUT2D eigenvalue weighted by Crippen LogP contribution is 2.22. The van der Waals surface area contributed by atoms with Crippen molar-refractivity contribution in [1.29, 1.82) is 0 Å². The molecule has 0 aliphatic carbocycles. The second-order valence-corrected chi connectivity index (χ2v) is 3.64. The lowest BCUT2D eigenvalue weighted by molar-refractivity contribution is -0.121. The summed E-state index contributed by atoms with van der Waals surface area (Å²) in [5.41, 5.74) is 6.36. The molecule has 4 nitrogen and oxygen atoms in total. The van der Waals surface area contributed by atoms with Crippen LogP contribution in [0.1, 0.15) is 12.0 Å². The fourth-order valence-corrected chi connectivity index (χ4v) is 1.42. The van der Waals surface area contributed by atoms with Crippen LogP contribution in [0.25, 0.3) is 0 Å². The van der Waals surface area contributed by atoms with Gasteiger partial charge in [-0.25, -0.2) is 0 Å². The Bertz CT molecular complexity index is 369. The van der Waals surface area contributed by atoms with Crippen LogP contribution in [-0.4, -0.2) is 19.6 Å². The summed E-state index contributed by atoms with van der Waals surface area (Å²) < 4.78 is 5.37. The van der Waals surface area contributed by atoms with Crippen molar-refractivity contribution in [1.82, 2.24) is 5.32 Å². The molecule has 0 atom stereocenters. The normalized spacial score (nSPS) is 9.94. The quantitative estimate of drug-likeness (QED) is 0.819. The number of hydrogen-bond donors (Lipinski definition) is 2. The first kappa shape index (κ1) is 12.8. The van der Waals surface area contributed by atoms with Crippen molar-refractivity contribution in [3.63, 3.8) is 0 Å². The number of ether oxygens (including phenoxy) is 1. The van der Waals surface area contributed by atoms with Gasteiger partial charge in [0.2, 0.25) is 5.91 Å². The van der Waals surface area contributed by atoms with Crippen LogP contribution in [0.4, 0.5) is 0 Å². The fourth-order valence-electron chi connectivity index (χ4n) is 1.17. The van der Waals surface area contributed by atoms with Crippen LogP contribution in [0, 0.1) is 0 Å². The minimum Gasteiger partial charge on any atom is -0.493 e. The molecule has 16 heavy (non-hydrogen) atoms. The Morgan fingerprint density at radius 1 is 1.56 bits per heavy atom. The van der Waals surface area contributed by atoms with E-state index in [-0.39, 0.29) is 5.91 Å². The van der Waals surface area contributed by atoms with Gasteiger partial charge in [-0.05, 0) is 17.7 Å². The van der Waals surface area contributed by atoms with E-state index in [0.717, 1.165) is 5.56 Å². The fraction of sp³-hybridized carbons (Fsp3) is 0.364. The van der Waals surface area contributed by atoms with Crippen LogP contribution in [0.2, 0.25) is 5.02 Å². The van der Waals surface area contributed by atoms with E-state index < -0.39 is 0 Å². The van der Waals surface area contributed by atoms with Crippen LogP contribution >= 0.6 is 11.6 Å². The SMILES string of the molecule is CNC(=O)CCOc1ccc(CN)c(Cl)c1. The Morgan fingerprint density at radius 2 is 2.31 bits per heavy atom. The molecule has 0 fully saturated rings. The van der Waals surface area contributed by atoms with Gasteiger partial charge in [0, 0.05) is 18.6 Å². The number of nitrogens with one attached hydrogen (secondary N) is 1. The maximum atomic E-state index is 10.9. The molecule has 5 heteroatoms. The smallest absolute Gasteiger partial charge is 0.223 e. The Morgan fingerprint density at radius 3 is 2.88 bits per heavy atom. The number of halogens is 1. The molecule has 0 saturated heterocycles. The Balaban J connectivity index is 2.49. The van der Waals surface area contributed by atoms with Crippen LogP contribution in [0.15, 0.2) is 18.2 Å². The molecule has 0 bridgehead atoms. The lowest BCUT2D eigenvalue weighted by Gasteiger charge is -2.07. The van der Waals surface area contributed by atoms with Crippen LogP contribution in [0.5, 0.6) is 5.75 Å². The maximum Gasteiger partial charge on any atom is 0.223 e. The molecule has 0 spiro atoms. The number of benzene rings is 1. The van der Waals surface area contributed by atoms with Gasteiger partial charge in [0.1, 0.15) is 5.75 Å². The van der Waals surface area contributed by atoms with E-state index >= 15 is 0 Å². The molecule has 1 aromatic rings. The number of nitrogens with two attached hydrogens (primary N) is 1. The predicted octanol–water partition coefficient (Wildman–Crippen LogP) is 1.31. The van der Waals surface area contributed by atoms with Gasteiger partial charge < -0.3 is 15.8 Å². The lowest BCUT2D eigenvalue weighted by atomic mass is 10.2. The third-order valence-corrected chi connectivity index (χ3v) is 2.47. The first-order valence-electron chi connectivity index (χ1n) is 4.99. The number of carbonyl (C=O) groups excluding carboxylic acids is 1. The molecule has 0 aliphatic heterocycles. The van der Waals surface area contributed by atoms with E-state index in [2.05, 4.69) is 5.32 Å². The van der Waals surface area contributed by atoms with E-state index in [9.17, 15) is 4.79 Å². The summed E-state index contributed by atoms with van der Waals surface area (Å²) in [6, 6.07) is 5.31. The van der Waals surface area contributed by atoms with E-state index in [4.69, 9.17) is 22.1 Å². The van der Waals surface area contributed by atoms with Gasteiger partial charge in [-0.1, -0.05) is 17.7 Å². The summed E-state index contributed by atoms with van der Waals surface area (Å²) in [5, 5.41) is 3.10. The summed E-state index contributed by atoms with van der Waals surface area (Å²) in [6.45, 7) is 0.731. The van der Waals surface area contributed by atoms with Crippen LogP contribution in [-0.2, 0) is 11.3 Å². The zero-order valence-corrected chi connectivity index (χ0v) is 9.88. The maximum absolute atomic E-state index is 10.9.